The third-order valence-electron chi connectivity index (χ3n) is 6.12. The Labute approximate surface area is 191 Å². The molecule has 0 fully saturated rings. The molecule has 0 radical (unpaired) electrons. The van der Waals surface area contributed by atoms with Crippen molar-refractivity contribution in [3.8, 4) is 34.1 Å². The zero-order valence-electron chi connectivity index (χ0n) is 17.8. The first-order valence-corrected chi connectivity index (χ1v) is 10.9. The van der Waals surface area contributed by atoms with Crippen molar-refractivity contribution in [2.75, 3.05) is 0 Å². The van der Waals surface area contributed by atoms with E-state index in [-0.39, 0.29) is 0 Å². The highest BCUT2D eigenvalue weighted by Crippen LogP contribution is 2.36. The number of hydrogen-bond donors (Lipinski definition) is 0. The number of benzene rings is 4. The van der Waals surface area contributed by atoms with E-state index in [1.807, 2.05) is 12.1 Å². The molecule has 0 spiro atoms. The van der Waals surface area contributed by atoms with Gasteiger partial charge in [-0.2, -0.15) is 5.26 Å². The van der Waals surface area contributed by atoms with Crippen LogP contribution in [0.5, 0.6) is 0 Å². The summed E-state index contributed by atoms with van der Waals surface area (Å²) in [6.45, 7) is 0. The number of fused-ring (bicyclic) bond motifs is 3. The van der Waals surface area contributed by atoms with Gasteiger partial charge in [0, 0.05) is 28.1 Å². The highest BCUT2D eigenvalue weighted by atomic mass is 15.0. The minimum Gasteiger partial charge on any atom is -0.309 e. The van der Waals surface area contributed by atoms with Crippen molar-refractivity contribution in [1.29, 1.82) is 5.26 Å². The Morgan fingerprint density at radius 3 is 1.91 bits per heavy atom. The minimum atomic E-state index is 0.580. The summed E-state index contributed by atoms with van der Waals surface area (Å²) in [5.74, 6) is 0. The van der Waals surface area contributed by atoms with Crippen molar-refractivity contribution in [1.82, 2.24) is 9.55 Å². The lowest BCUT2D eigenvalue weighted by molar-refractivity contribution is 1.18. The van der Waals surface area contributed by atoms with Gasteiger partial charge in [0.2, 0.25) is 0 Å². The van der Waals surface area contributed by atoms with E-state index >= 15 is 0 Å². The largest absolute Gasteiger partial charge is 0.309 e. The molecule has 0 aliphatic rings. The quantitative estimate of drug-likeness (QED) is 0.299. The SMILES string of the molecule is N#Cc1cccnc1-c1ccc(-c2ccccc2-n2c3ccccc3c3ccccc32)cc1. The van der Waals surface area contributed by atoms with Gasteiger partial charge < -0.3 is 4.57 Å². The molecule has 2 heterocycles. The number of hydrogen-bond acceptors (Lipinski definition) is 2. The average Bonchev–Trinajstić information content (AvgIpc) is 3.23. The second-order valence-electron chi connectivity index (χ2n) is 7.98. The van der Waals surface area contributed by atoms with Gasteiger partial charge in [-0.1, -0.05) is 78.9 Å². The Balaban J connectivity index is 1.54. The average molecular weight is 422 g/mol. The van der Waals surface area contributed by atoms with Gasteiger partial charge in [-0.05, 0) is 35.9 Å². The fraction of sp³-hybridized carbons (Fsp3) is 0. The second kappa shape index (κ2) is 7.78. The number of nitriles is 1. The summed E-state index contributed by atoms with van der Waals surface area (Å²) >= 11 is 0. The lowest BCUT2D eigenvalue weighted by Gasteiger charge is -2.14. The monoisotopic (exact) mass is 421 g/mol. The standard InChI is InChI=1S/C30H19N3/c31-20-23-8-7-19-32-30(23)22-17-15-21(16-18-22)24-9-1-4-12-27(24)33-28-13-5-2-10-25(28)26-11-3-6-14-29(26)33/h1-19H. The summed E-state index contributed by atoms with van der Waals surface area (Å²) in [5.41, 5.74) is 8.01. The Morgan fingerprint density at radius 2 is 1.21 bits per heavy atom. The summed E-state index contributed by atoms with van der Waals surface area (Å²) in [5, 5.41) is 11.9. The summed E-state index contributed by atoms with van der Waals surface area (Å²) in [6.07, 6.45) is 1.72. The van der Waals surface area contributed by atoms with Crippen LogP contribution >= 0.6 is 0 Å². The molecule has 0 atom stereocenters. The zero-order valence-corrected chi connectivity index (χ0v) is 17.8. The van der Waals surface area contributed by atoms with Crippen LogP contribution < -0.4 is 0 Å². The van der Waals surface area contributed by atoms with E-state index in [0.29, 0.717) is 11.3 Å². The van der Waals surface area contributed by atoms with E-state index in [4.69, 9.17) is 0 Å². The fourth-order valence-electron chi connectivity index (χ4n) is 4.63. The van der Waals surface area contributed by atoms with E-state index < -0.39 is 0 Å². The van der Waals surface area contributed by atoms with E-state index in [1.54, 1.807) is 18.3 Å². The predicted molar refractivity (Wildman–Crippen MR) is 134 cm³/mol. The first-order chi connectivity index (χ1) is 16.3. The molecule has 154 valence electrons. The molecule has 6 aromatic rings. The molecule has 33 heavy (non-hydrogen) atoms. The number of rotatable bonds is 3. The van der Waals surface area contributed by atoms with E-state index in [9.17, 15) is 5.26 Å². The molecule has 0 saturated carbocycles. The molecule has 3 nitrogen and oxygen atoms in total. The van der Waals surface area contributed by atoms with Crippen LogP contribution in [0.15, 0.2) is 115 Å². The van der Waals surface area contributed by atoms with Crippen molar-refractivity contribution in [3.63, 3.8) is 0 Å². The van der Waals surface area contributed by atoms with Crippen LogP contribution in [0.25, 0.3) is 49.9 Å². The predicted octanol–water partition coefficient (Wildman–Crippen LogP) is 7.38. The molecule has 0 N–H and O–H groups in total. The number of para-hydroxylation sites is 3. The molecule has 0 aliphatic heterocycles. The van der Waals surface area contributed by atoms with Crippen molar-refractivity contribution in [2.24, 2.45) is 0 Å². The molecule has 6 rings (SSSR count). The second-order valence-corrected chi connectivity index (χ2v) is 7.98. The molecule has 0 bridgehead atoms. The van der Waals surface area contributed by atoms with Crippen LogP contribution in [-0.4, -0.2) is 9.55 Å². The molecule has 3 heteroatoms. The smallest absolute Gasteiger partial charge is 0.101 e. The van der Waals surface area contributed by atoms with Gasteiger partial charge >= 0.3 is 0 Å². The Bertz CT molecular complexity index is 1610. The van der Waals surface area contributed by atoms with E-state index in [0.717, 1.165) is 22.4 Å². The van der Waals surface area contributed by atoms with Gasteiger partial charge in [-0.3, -0.25) is 4.98 Å². The Morgan fingerprint density at radius 1 is 0.606 bits per heavy atom. The third kappa shape index (κ3) is 3.09. The molecule has 4 aromatic carbocycles. The van der Waals surface area contributed by atoms with Crippen LogP contribution in [-0.2, 0) is 0 Å². The normalized spacial score (nSPS) is 11.0. The lowest BCUT2D eigenvalue weighted by atomic mass is 9.99. The van der Waals surface area contributed by atoms with Crippen LogP contribution in [0.4, 0.5) is 0 Å². The van der Waals surface area contributed by atoms with Crippen molar-refractivity contribution < 1.29 is 0 Å². The van der Waals surface area contributed by atoms with Crippen molar-refractivity contribution in [3.05, 3.63) is 121 Å². The molecule has 0 amide bonds. The maximum Gasteiger partial charge on any atom is 0.101 e. The summed E-state index contributed by atoms with van der Waals surface area (Å²) in [6, 6.07) is 39.7. The summed E-state index contributed by atoms with van der Waals surface area (Å²) < 4.78 is 2.35. The highest BCUT2D eigenvalue weighted by Gasteiger charge is 2.15. The van der Waals surface area contributed by atoms with Crippen LogP contribution in [0, 0.1) is 11.3 Å². The van der Waals surface area contributed by atoms with Crippen LogP contribution in [0.3, 0.4) is 0 Å². The minimum absolute atomic E-state index is 0.580. The van der Waals surface area contributed by atoms with E-state index in [2.05, 4.69) is 101 Å². The molecule has 0 aliphatic carbocycles. The van der Waals surface area contributed by atoms with E-state index in [1.165, 1.54) is 21.8 Å². The number of nitrogens with zero attached hydrogens (tertiary/aromatic N) is 3. The maximum atomic E-state index is 9.43. The lowest BCUT2D eigenvalue weighted by Crippen LogP contribution is -1.97. The number of aromatic nitrogens is 2. The van der Waals surface area contributed by atoms with Gasteiger partial charge in [0.05, 0.1) is 28.0 Å². The van der Waals surface area contributed by atoms with Crippen molar-refractivity contribution >= 4 is 21.8 Å². The Kier molecular flexibility index (Phi) is 4.49. The molecular formula is C30H19N3. The molecule has 0 saturated heterocycles. The first kappa shape index (κ1) is 19.0. The first-order valence-electron chi connectivity index (χ1n) is 10.9. The van der Waals surface area contributed by atoms with Gasteiger partial charge in [-0.15, -0.1) is 0 Å². The number of pyridine rings is 1. The third-order valence-corrected chi connectivity index (χ3v) is 6.12. The molecular weight excluding hydrogens is 402 g/mol. The molecule has 2 aromatic heterocycles. The zero-order chi connectivity index (χ0) is 22.2. The van der Waals surface area contributed by atoms with Crippen LogP contribution in [0.2, 0.25) is 0 Å². The summed E-state index contributed by atoms with van der Waals surface area (Å²) in [4.78, 5) is 4.42. The van der Waals surface area contributed by atoms with Gasteiger partial charge in [-0.25, -0.2) is 0 Å². The Hall–Kier alpha value is -4.68. The fourth-order valence-corrected chi connectivity index (χ4v) is 4.63. The van der Waals surface area contributed by atoms with Gasteiger partial charge in [0.1, 0.15) is 6.07 Å². The topological polar surface area (TPSA) is 41.6 Å². The van der Waals surface area contributed by atoms with Crippen LogP contribution in [0.1, 0.15) is 5.56 Å². The van der Waals surface area contributed by atoms with Crippen molar-refractivity contribution in [2.45, 2.75) is 0 Å². The van der Waals surface area contributed by atoms with Gasteiger partial charge in [0.15, 0.2) is 0 Å². The highest BCUT2D eigenvalue weighted by molar-refractivity contribution is 6.09. The van der Waals surface area contributed by atoms with Gasteiger partial charge in [0.25, 0.3) is 0 Å². The maximum absolute atomic E-state index is 9.43. The molecule has 0 unspecified atom stereocenters. The summed E-state index contributed by atoms with van der Waals surface area (Å²) in [7, 11) is 0.